The summed E-state index contributed by atoms with van der Waals surface area (Å²) in [5.74, 6) is 1.73. The number of hydrogen-bond donors (Lipinski definition) is 0. The van der Waals surface area contributed by atoms with E-state index in [1.165, 1.54) is 19.3 Å². The second-order valence-electron chi connectivity index (χ2n) is 5.63. The van der Waals surface area contributed by atoms with Crippen LogP contribution >= 0.6 is 0 Å². The zero-order chi connectivity index (χ0) is 10.3. The van der Waals surface area contributed by atoms with E-state index in [1.807, 2.05) is 0 Å². The molecule has 0 aliphatic heterocycles. The quantitative estimate of drug-likeness (QED) is 0.600. The van der Waals surface area contributed by atoms with Gasteiger partial charge in [0.05, 0.1) is 0 Å². The Morgan fingerprint density at radius 2 is 1.62 bits per heavy atom. The van der Waals surface area contributed by atoms with Crippen molar-refractivity contribution in [2.45, 2.75) is 60.8 Å². The van der Waals surface area contributed by atoms with E-state index >= 15 is 0 Å². The standard InChI is InChI=1S/C13H26/c1-7-12(6)9-13(12,8-2)11(5)10(3)4/h10-11H,7-9H2,1-6H3. The molecule has 1 saturated carbocycles. The molecule has 0 amide bonds. The Kier molecular flexibility index (Phi) is 2.81. The summed E-state index contributed by atoms with van der Waals surface area (Å²) in [5.41, 5.74) is 1.33. The van der Waals surface area contributed by atoms with Gasteiger partial charge in [-0.05, 0) is 35.5 Å². The summed E-state index contributed by atoms with van der Waals surface area (Å²) in [6, 6.07) is 0. The van der Waals surface area contributed by atoms with Crippen molar-refractivity contribution in [2.75, 3.05) is 0 Å². The van der Waals surface area contributed by atoms with Gasteiger partial charge < -0.3 is 0 Å². The van der Waals surface area contributed by atoms with Crippen LogP contribution in [0.2, 0.25) is 0 Å². The Morgan fingerprint density at radius 1 is 1.08 bits per heavy atom. The van der Waals surface area contributed by atoms with Crippen molar-refractivity contribution in [3.8, 4) is 0 Å². The van der Waals surface area contributed by atoms with Crippen LogP contribution in [0.15, 0.2) is 0 Å². The fourth-order valence-corrected chi connectivity index (χ4v) is 3.35. The highest BCUT2D eigenvalue weighted by Gasteiger charge is 2.63. The van der Waals surface area contributed by atoms with Crippen LogP contribution in [0.5, 0.6) is 0 Å². The summed E-state index contributed by atoms with van der Waals surface area (Å²) >= 11 is 0. The normalized spacial score (nSPS) is 40.8. The first kappa shape index (κ1) is 11.1. The van der Waals surface area contributed by atoms with Gasteiger partial charge in [0.15, 0.2) is 0 Å². The van der Waals surface area contributed by atoms with Crippen LogP contribution in [-0.2, 0) is 0 Å². The van der Waals surface area contributed by atoms with Gasteiger partial charge >= 0.3 is 0 Å². The summed E-state index contributed by atoms with van der Waals surface area (Å²) in [4.78, 5) is 0. The first-order chi connectivity index (χ1) is 5.93. The van der Waals surface area contributed by atoms with Crippen molar-refractivity contribution in [3.63, 3.8) is 0 Å². The second-order valence-corrected chi connectivity index (χ2v) is 5.63. The molecule has 1 aliphatic carbocycles. The minimum Gasteiger partial charge on any atom is -0.0648 e. The minimum absolute atomic E-state index is 0.658. The molecule has 1 aliphatic rings. The zero-order valence-corrected chi connectivity index (χ0v) is 10.3. The monoisotopic (exact) mass is 182 g/mol. The lowest BCUT2D eigenvalue weighted by atomic mass is 9.75. The molecule has 0 aromatic rings. The van der Waals surface area contributed by atoms with Gasteiger partial charge in [0, 0.05) is 0 Å². The Balaban J connectivity index is 2.76. The topological polar surface area (TPSA) is 0 Å². The van der Waals surface area contributed by atoms with E-state index in [1.54, 1.807) is 0 Å². The fourth-order valence-electron chi connectivity index (χ4n) is 3.35. The predicted molar refractivity (Wildman–Crippen MR) is 59.7 cm³/mol. The fraction of sp³-hybridized carbons (Fsp3) is 1.00. The summed E-state index contributed by atoms with van der Waals surface area (Å²) in [7, 11) is 0. The molecule has 0 spiro atoms. The molecule has 0 aromatic carbocycles. The lowest BCUT2D eigenvalue weighted by molar-refractivity contribution is 0.185. The van der Waals surface area contributed by atoms with Gasteiger partial charge in [0.25, 0.3) is 0 Å². The highest BCUT2D eigenvalue weighted by molar-refractivity contribution is 5.12. The van der Waals surface area contributed by atoms with Crippen LogP contribution in [0.1, 0.15) is 60.8 Å². The summed E-state index contributed by atoms with van der Waals surface area (Å²) in [5, 5.41) is 0. The van der Waals surface area contributed by atoms with Gasteiger partial charge in [-0.3, -0.25) is 0 Å². The smallest absolute Gasteiger partial charge is 0.0213 e. The third-order valence-corrected chi connectivity index (χ3v) is 5.07. The maximum atomic E-state index is 2.48. The van der Waals surface area contributed by atoms with E-state index in [2.05, 4.69) is 41.5 Å². The Morgan fingerprint density at radius 3 is 1.85 bits per heavy atom. The van der Waals surface area contributed by atoms with Gasteiger partial charge in [0.2, 0.25) is 0 Å². The lowest BCUT2D eigenvalue weighted by Crippen LogP contribution is -2.23. The predicted octanol–water partition coefficient (Wildman–Crippen LogP) is 4.49. The van der Waals surface area contributed by atoms with Gasteiger partial charge in [-0.2, -0.15) is 0 Å². The van der Waals surface area contributed by atoms with E-state index in [4.69, 9.17) is 0 Å². The van der Waals surface area contributed by atoms with E-state index in [0.29, 0.717) is 10.8 Å². The van der Waals surface area contributed by atoms with Crippen LogP contribution in [0, 0.1) is 22.7 Å². The van der Waals surface area contributed by atoms with Crippen molar-refractivity contribution in [3.05, 3.63) is 0 Å². The highest BCUT2D eigenvalue weighted by atomic mass is 14.7. The third kappa shape index (κ3) is 1.43. The van der Waals surface area contributed by atoms with Crippen molar-refractivity contribution in [1.29, 1.82) is 0 Å². The van der Waals surface area contributed by atoms with E-state index in [0.717, 1.165) is 11.8 Å². The lowest BCUT2D eigenvalue weighted by Gasteiger charge is -2.30. The van der Waals surface area contributed by atoms with Crippen molar-refractivity contribution in [1.82, 2.24) is 0 Å². The third-order valence-electron chi connectivity index (χ3n) is 5.07. The molecule has 0 N–H and O–H groups in total. The average molecular weight is 182 g/mol. The maximum absolute atomic E-state index is 2.48. The van der Waals surface area contributed by atoms with Crippen LogP contribution in [0.3, 0.4) is 0 Å². The molecular formula is C13H26. The van der Waals surface area contributed by atoms with E-state index in [-0.39, 0.29) is 0 Å². The molecule has 0 radical (unpaired) electrons. The molecule has 0 saturated heterocycles. The van der Waals surface area contributed by atoms with Gasteiger partial charge in [-0.1, -0.05) is 48.0 Å². The van der Waals surface area contributed by atoms with Gasteiger partial charge in [0.1, 0.15) is 0 Å². The molecule has 0 nitrogen and oxygen atoms in total. The molecular weight excluding hydrogens is 156 g/mol. The zero-order valence-electron chi connectivity index (χ0n) is 10.3. The van der Waals surface area contributed by atoms with Crippen molar-refractivity contribution >= 4 is 0 Å². The maximum Gasteiger partial charge on any atom is -0.0213 e. The largest absolute Gasteiger partial charge is 0.0648 e. The SMILES string of the molecule is CCC1(C)CC1(CC)C(C)C(C)C. The highest BCUT2D eigenvalue weighted by Crippen LogP contribution is 2.72. The molecule has 1 fully saturated rings. The van der Waals surface area contributed by atoms with Crippen molar-refractivity contribution in [2.24, 2.45) is 22.7 Å². The molecule has 3 unspecified atom stereocenters. The second kappa shape index (κ2) is 3.29. The first-order valence-electron chi connectivity index (χ1n) is 5.93. The van der Waals surface area contributed by atoms with Gasteiger partial charge in [-0.15, -0.1) is 0 Å². The molecule has 0 heteroatoms. The molecule has 13 heavy (non-hydrogen) atoms. The first-order valence-corrected chi connectivity index (χ1v) is 5.93. The molecule has 3 atom stereocenters. The summed E-state index contributed by atoms with van der Waals surface area (Å²) in [6.45, 7) is 14.4. The van der Waals surface area contributed by atoms with Crippen molar-refractivity contribution < 1.29 is 0 Å². The molecule has 0 aromatic heterocycles. The molecule has 1 rings (SSSR count). The number of hydrogen-bond acceptors (Lipinski definition) is 0. The van der Waals surface area contributed by atoms with Crippen LogP contribution in [-0.4, -0.2) is 0 Å². The summed E-state index contributed by atoms with van der Waals surface area (Å²) < 4.78 is 0. The Hall–Kier alpha value is 0. The van der Waals surface area contributed by atoms with Crippen LogP contribution in [0.4, 0.5) is 0 Å². The van der Waals surface area contributed by atoms with Gasteiger partial charge in [-0.25, -0.2) is 0 Å². The van der Waals surface area contributed by atoms with E-state index in [9.17, 15) is 0 Å². The van der Waals surface area contributed by atoms with Crippen LogP contribution < -0.4 is 0 Å². The number of rotatable bonds is 4. The molecule has 78 valence electrons. The van der Waals surface area contributed by atoms with Crippen LogP contribution in [0.25, 0.3) is 0 Å². The molecule has 0 bridgehead atoms. The molecule has 0 heterocycles. The van der Waals surface area contributed by atoms with E-state index < -0.39 is 0 Å². The Bertz CT molecular complexity index is 182. The minimum atomic E-state index is 0.658. The summed E-state index contributed by atoms with van der Waals surface area (Å²) in [6.07, 6.45) is 4.20. The average Bonchev–Trinajstić information content (AvgIpc) is 2.73. The Labute approximate surface area is 84.1 Å².